The van der Waals surface area contributed by atoms with Gasteiger partial charge >= 0.3 is 11.9 Å². The molecule has 4 unspecified atom stereocenters. The van der Waals surface area contributed by atoms with Crippen LogP contribution >= 0.6 is 0 Å². The van der Waals surface area contributed by atoms with Crippen molar-refractivity contribution in [1.82, 2.24) is 19.6 Å². The summed E-state index contributed by atoms with van der Waals surface area (Å²) in [5.41, 5.74) is 0. The highest BCUT2D eigenvalue weighted by Gasteiger charge is 2.36. The highest BCUT2D eigenvalue weighted by molar-refractivity contribution is 5.66. The van der Waals surface area contributed by atoms with E-state index < -0.39 is 43.2 Å². The lowest BCUT2D eigenvalue weighted by Crippen LogP contribution is -2.55. The lowest BCUT2D eigenvalue weighted by molar-refractivity contribution is -0.211. The van der Waals surface area contributed by atoms with Gasteiger partial charge in [0.1, 0.15) is 12.5 Å². The lowest BCUT2D eigenvalue weighted by atomic mass is 10.2. The molecule has 2 saturated heterocycles. The van der Waals surface area contributed by atoms with Crippen LogP contribution in [-0.4, -0.2) is 160 Å². The van der Waals surface area contributed by atoms with Crippen molar-refractivity contribution in [1.29, 1.82) is 0 Å². The third-order valence-electron chi connectivity index (χ3n) is 7.01. The summed E-state index contributed by atoms with van der Waals surface area (Å²) in [7, 11) is 3.97. The zero-order valence-electron chi connectivity index (χ0n) is 24.2. The van der Waals surface area contributed by atoms with Gasteiger partial charge in [-0.2, -0.15) is 0 Å². The number of morpholine rings is 1. The lowest BCUT2D eigenvalue weighted by Gasteiger charge is -2.40. The first-order valence-corrected chi connectivity index (χ1v) is 13.8. The Morgan fingerprint density at radius 1 is 0.947 bits per heavy atom. The number of aliphatic hydroxyl groups excluding tert-OH is 1. The maximum Gasteiger partial charge on any atom is 0.303 e. The van der Waals surface area contributed by atoms with Crippen molar-refractivity contribution >= 4 is 11.9 Å². The van der Waals surface area contributed by atoms with Crippen molar-refractivity contribution in [2.24, 2.45) is 0 Å². The summed E-state index contributed by atoms with van der Waals surface area (Å²) in [5, 5.41) is 9.94. The summed E-state index contributed by atoms with van der Waals surface area (Å²) in [6.07, 6.45) is -2.04. The fraction of sp³-hybridized carbons (Fsp3) is 0.923. The first-order chi connectivity index (χ1) is 18.1. The van der Waals surface area contributed by atoms with Gasteiger partial charge in [-0.05, 0) is 34.4 Å². The van der Waals surface area contributed by atoms with E-state index in [0.717, 1.165) is 39.1 Å². The van der Waals surface area contributed by atoms with Gasteiger partial charge in [-0.25, -0.2) is 0 Å². The molecular formula is C26H50N4O8. The van der Waals surface area contributed by atoms with Crippen LogP contribution in [0.15, 0.2) is 0 Å². The second kappa shape index (κ2) is 17.3. The van der Waals surface area contributed by atoms with Crippen molar-refractivity contribution in [3.8, 4) is 0 Å². The third-order valence-corrected chi connectivity index (χ3v) is 7.01. The molecule has 222 valence electrons. The molecule has 2 heterocycles. The minimum Gasteiger partial charge on any atom is -0.456 e. The van der Waals surface area contributed by atoms with E-state index in [-0.39, 0.29) is 12.6 Å². The van der Waals surface area contributed by atoms with Gasteiger partial charge in [-0.1, -0.05) is 0 Å². The van der Waals surface area contributed by atoms with E-state index in [9.17, 15) is 14.7 Å². The molecule has 0 saturated carbocycles. The Morgan fingerprint density at radius 2 is 1.55 bits per heavy atom. The van der Waals surface area contributed by atoms with Gasteiger partial charge < -0.3 is 38.6 Å². The summed E-state index contributed by atoms with van der Waals surface area (Å²) in [4.78, 5) is 32.5. The molecule has 0 aromatic carbocycles. The van der Waals surface area contributed by atoms with Crippen LogP contribution in [0.1, 0.15) is 34.1 Å². The minimum absolute atomic E-state index is 0.000442. The van der Waals surface area contributed by atoms with Crippen molar-refractivity contribution < 1.29 is 38.4 Å². The van der Waals surface area contributed by atoms with E-state index in [0.29, 0.717) is 32.9 Å². The summed E-state index contributed by atoms with van der Waals surface area (Å²) in [6, 6.07) is 0.0395. The van der Waals surface area contributed by atoms with Crippen LogP contribution in [0.4, 0.5) is 0 Å². The normalized spacial score (nSPS) is 21.3. The number of hydrogen-bond donors (Lipinski definition) is 1. The van der Waals surface area contributed by atoms with Gasteiger partial charge in [0.05, 0.1) is 33.0 Å². The van der Waals surface area contributed by atoms with Gasteiger partial charge in [0, 0.05) is 65.7 Å². The predicted octanol–water partition coefficient (Wildman–Crippen LogP) is -0.163. The summed E-state index contributed by atoms with van der Waals surface area (Å²) in [5.74, 6) is -0.952. The molecule has 38 heavy (non-hydrogen) atoms. The fourth-order valence-corrected chi connectivity index (χ4v) is 4.60. The zero-order chi connectivity index (χ0) is 28.1. The average molecular weight is 547 g/mol. The van der Waals surface area contributed by atoms with E-state index in [1.165, 1.54) is 13.8 Å². The van der Waals surface area contributed by atoms with Crippen molar-refractivity contribution in [2.45, 2.75) is 64.8 Å². The summed E-state index contributed by atoms with van der Waals surface area (Å²) < 4.78 is 29.2. The molecule has 0 spiro atoms. The number of hydrogen-bond acceptors (Lipinski definition) is 12. The van der Waals surface area contributed by atoms with Gasteiger partial charge in [0.15, 0.2) is 12.2 Å². The summed E-state index contributed by atoms with van der Waals surface area (Å²) in [6.45, 7) is 14.3. The van der Waals surface area contributed by atoms with E-state index in [1.54, 1.807) is 0 Å². The van der Waals surface area contributed by atoms with E-state index >= 15 is 0 Å². The van der Waals surface area contributed by atoms with Gasteiger partial charge in [0.2, 0.25) is 0 Å². The molecule has 0 aromatic heterocycles. The summed E-state index contributed by atoms with van der Waals surface area (Å²) >= 11 is 0. The quantitative estimate of drug-likeness (QED) is 0.158. The molecule has 0 amide bonds. The van der Waals surface area contributed by atoms with Gasteiger partial charge in [0.25, 0.3) is 0 Å². The average Bonchev–Trinajstić information content (AvgIpc) is 2.88. The van der Waals surface area contributed by atoms with Crippen LogP contribution in [-0.2, 0) is 33.3 Å². The molecule has 1 N–H and O–H groups in total. The number of carbonyl (C=O) groups excluding carboxylic acids is 2. The second-order valence-corrected chi connectivity index (χ2v) is 10.4. The molecule has 2 aliphatic rings. The Labute approximate surface area is 228 Å². The number of ether oxygens (including phenoxy) is 5. The standard InChI is InChI=1S/C26H50N4O8/c1-20(2)28(6)25(23(18-31)37-21(3)32)36-19-24(38-22(4)33)26(30-13-16-34-17-14-30)35-15-7-8-29-11-9-27(5)10-12-29/h20,23-26,31H,7-19H2,1-6H3. The van der Waals surface area contributed by atoms with Crippen LogP contribution in [0.25, 0.3) is 0 Å². The molecule has 0 aliphatic carbocycles. The molecule has 12 heteroatoms. The first-order valence-electron chi connectivity index (χ1n) is 13.8. The predicted molar refractivity (Wildman–Crippen MR) is 142 cm³/mol. The van der Waals surface area contributed by atoms with Crippen LogP contribution < -0.4 is 0 Å². The number of nitrogens with zero attached hydrogens (tertiary/aromatic N) is 4. The molecule has 4 atom stereocenters. The Hall–Kier alpha value is -1.38. The molecule has 2 fully saturated rings. The Bertz CT molecular complexity index is 686. The van der Waals surface area contributed by atoms with Crippen molar-refractivity contribution in [3.05, 3.63) is 0 Å². The van der Waals surface area contributed by atoms with E-state index in [4.69, 9.17) is 23.7 Å². The smallest absolute Gasteiger partial charge is 0.303 e. The van der Waals surface area contributed by atoms with Crippen LogP contribution in [0.3, 0.4) is 0 Å². The maximum absolute atomic E-state index is 12.1. The van der Waals surface area contributed by atoms with Crippen molar-refractivity contribution in [3.63, 3.8) is 0 Å². The number of rotatable bonds is 16. The SMILES string of the molecule is CC(=O)OC(COC(C(CO)OC(C)=O)N(C)C(C)C)C(OCCCN1CCN(C)CC1)N1CCOCC1. The van der Waals surface area contributed by atoms with Gasteiger partial charge in [-0.3, -0.25) is 19.4 Å². The largest absolute Gasteiger partial charge is 0.456 e. The zero-order valence-corrected chi connectivity index (χ0v) is 24.2. The molecule has 0 radical (unpaired) electrons. The maximum atomic E-state index is 12.1. The Kier molecular flexibility index (Phi) is 15.0. The molecule has 0 aromatic rings. The Morgan fingerprint density at radius 3 is 2.11 bits per heavy atom. The van der Waals surface area contributed by atoms with Gasteiger partial charge in [-0.15, -0.1) is 0 Å². The molecule has 2 rings (SSSR count). The number of carbonyl (C=O) groups is 2. The third kappa shape index (κ3) is 11.4. The van der Waals surface area contributed by atoms with E-state index in [2.05, 4.69) is 21.7 Å². The fourth-order valence-electron chi connectivity index (χ4n) is 4.60. The number of likely N-dealkylation sites (N-methyl/N-ethyl adjacent to an activating group) is 2. The number of piperazine rings is 1. The molecule has 0 bridgehead atoms. The number of aliphatic hydroxyl groups is 1. The second-order valence-electron chi connectivity index (χ2n) is 10.4. The van der Waals surface area contributed by atoms with E-state index in [1.807, 2.05) is 25.8 Å². The van der Waals surface area contributed by atoms with Crippen LogP contribution in [0.5, 0.6) is 0 Å². The Balaban J connectivity index is 2.11. The molecule has 12 nitrogen and oxygen atoms in total. The van der Waals surface area contributed by atoms with Crippen molar-refractivity contribution in [2.75, 3.05) is 92.9 Å². The molecule has 2 aliphatic heterocycles. The topological polar surface area (TPSA) is 113 Å². The minimum atomic E-state index is -0.899. The van der Waals surface area contributed by atoms with Crippen LogP contribution in [0, 0.1) is 0 Å². The van der Waals surface area contributed by atoms with Crippen LogP contribution in [0.2, 0.25) is 0 Å². The first kappa shape index (κ1) is 32.8. The highest BCUT2D eigenvalue weighted by atomic mass is 16.6. The highest BCUT2D eigenvalue weighted by Crippen LogP contribution is 2.18. The monoisotopic (exact) mass is 546 g/mol. The molecular weight excluding hydrogens is 496 g/mol. The number of esters is 2.